The summed E-state index contributed by atoms with van der Waals surface area (Å²) in [6.45, 7) is 4.09. The molecule has 0 aliphatic heterocycles. The molecule has 0 spiro atoms. The fourth-order valence-corrected chi connectivity index (χ4v) is 2.76. The smallest absolute Gasteiger partial charge is 0.240 e. The number of benzene rings is 1. The zero-order valence-electron chi connectivity index (χ0n) is 13.7. The highest BCUT2D eigenvalue weighted by molar-refractivity contribution is 5.86. The van der Waals surface area contributed by atoms with Crippen LogP contribution in [0.5, 0.6) is 5.75 Å². The second-order valence-corrected chi connectivity index (χ2v) is 6.32. The maximum Gasteiger partial charge on any atom is 0.240 e. The Kier molecular flexibility index (Phi) is 7.32. The fraction of sp³-hybridized carbons (Fsp3) is 0.588. The Morgan fingerprint density at radius 1 is 1.30 bits per heavy atom. The van der Waals surface area contributed by atoms with Crippen LogP contribution in [0.15, 0.2) is 24.3 Å². The van der Waals surface area contributed by atoms with Gasteiger partial charge in [0.25, 0.3) is 0 Å². The van der Waals surface area contributed by atoms with Crippen molar-refractivity contribution in [1.29, 1.82) is 0 Å². The molecule has 1 unspecified atom stereocenters. The number of aliphatic hydroxyl groups excluding tert-OH is 1. The van der Waals surface area contributed by atoms with Crippen molar-refractivity contribution in [2.24, 2.45) is 5.73 Å². The Balaban J connectivity index is 0.00000264. The summed E-state index contributed by atoms with van der Waals surface area (Å²) in [7, 11) is 0. The number of halogens is 1. The molecule has 1 amide bonds. The van der Waals surface area contributed by atoms with Crippen LogP contribution in [0.25, 0.3) is 0 Å². The van der Waals surface area contributed by atoms with E-state index in [9.17, 15) is 9.90 Å². The molecule has 6 heteroatoms. The monoisotopic (exact) mass is 342 g/mol. The third-order valence-corrected chi connectivity index (χ3v) is 4.04. The van der Waals surface area contributed by atoms with E-state index in [1.807, 2.05) is 38.1 Å². The van der Waals surface area contributed by atoms with Crippen molar-refractivity contribution in [2.45, 2.75) is 57.3 Å². The summed E-state index contributed by atoms with van der Waals surface area (Å²) in [6.07, 6.45) is 2.78. The van der Waals surface area contributed by atoms with Crippen LogP contribution >= 0.6 is 12.4 Å². The number of carbonyl (C=O) groups is 1. The molecule has 0 aromatic heterocycles. The molecule has 2 rings (SSSR count). The van der Waals surface area contributed by atoms with Crippen molar-refractivity contribution in [2.75, 3.05) is 6.54 Å². The van der Waals surface area contributed by atoms with Crippen molar-refractivity contribution in [3.05, 3.63) is 29.8 Å². The Labute approximate surface area is 144 Å². The molecule has 0 bridgehead atoms. The average molecular weight is 343 g/mol. The summed E-state index contributed by atoms with van der Waals surface area (Å²) >= 11 is 0. The Hall–Kier alpha value is -1.30. The van der Waals surface area contributed by atoms with E-state index in [-0.39, 0.29) is 31.0 Å². The molecule has 5 nitrogen and oxygen atoms in total. The lowest BCUT2D eigenvalue weighted by Gasteiger charge is -2.23. The third-order valence-electron chi connectivity index (χ3n) is 4.04. The van der Waals surface area contributed by atoms with Gasteiger partial charge in [-0.05, 0) is 44.4 Å². The molecule has 0 saturated heterocycles. The van der Waals surface area contributed by atoms with E-state index in [0.717, 1.165) is 37.0 Å². The fourth-order valence-electron chi connectivity index (χ4n) is 2.76. The van der Waals surface area contributed by atoms with E-state index in [1.165, 1.54) is 0 Å². The van der Waals surface area contributed by atoms with Gasteiger partial charge in [0.2, 0.25) is 5.91 Å². The Morgan fingerprint density at radius 2 is 1.87 bits per heavy atom. The molecule has 1 atom stereocenters. The maximum atomic E-state index is 12.1. The van der Waals surface area contributed by atoms with Crippen molar-refractivity contribution in [3.8, 4) is 5.75 Å². The van der Waals surface area contributed by atoms with Gasteiger partial charge in [0.1, 0.15) is 5.75 Å². The number of hydrogen-bond acceptors (Lipinski definition) is 4. The van der Waals surface area contributed by atoms with Gasteiger partial charge in [-0.1, -0.05) is 25.0 Å². The van der Waals surface area contributed by atoms with Crippen LogP contribution in [-0.4, -0.2) is 29.2 Å². The average Bonchev–Trinajstić information content (AvgIpc) is 2.92. The lowest BCUT2D eigenvalue weighted by atomic mass is 9.98. The highest BCUT2D eigenvalue weighted by Crippen LogP contribution is 2.27. The van der Waals surface area contributed by atoms with E-state index >= 15 is 0 Å². The van der Waals surface area contributed by atoms with Gasteiger partial charge in [-0.3, -0.25) is 4.79 Å². The van der Waals surface area contributed by atoms with Gasteiger partial charge in [-0.25, -0.2) is 0 Å². The summed E-state index contributed by atoms with van der Waals surface area (Å²) in [5.41, 5.74) is 6.07. The van der Waals surface area contributed by atoms with Gasteiger partial charge >= 0.3 is 0 Å². The van der Waals surface area contributed by atoms with Crippen molar-refractivity contribution in [1.82, 2.24) is 5.32 Å². The lowest BCUT2D eigenvalue weighted by molar-refractivity contribution is -0.126. The number of ether oxygens (including phenoxy) is 1. The minimum Gasteiger partial charge on any atom is -0.491 e. The SMILES string of the molecule is CC(C)Oc1ccc(C(O)CNC(=O)C2(N)CCCC2)cc1.Cl. The van der Waals surface area contributed by atoms with Gasteiger partial charge in [0.05, 0.1) is 17.7 Å². The van der Waals surface area contributed by atoms with Crippen molar-refractivity contribution in [3.63, 3.8) is 0 Å². The molecular weight excluding hydrogens is 316 g/mol. The van der Waals surface area contributed by atoms with E-state index in [4.69, 9.17) is 10.5 Å². The maximum absolute atomic E-state index is 12.1. The van der Waals surface area contributed by atoms with Crippen molar-refractivity contribution < 1.29 is 14.6 Å². The second-order valence-electron chi connectivity index (χ2n) is 6.32. The van der Waals surface area contributed by atoms with Gasteiger partial charge < -0.3 is 20.9 Å². The number of aliphatic hydroxyl groups is 1. The molecule has 1 aliphatic carbocycles. The Morgan fingerprint density at radius 3 is 2.39 bits per heavy atom. The first kappa shape index (κ1) is 19.7. The first-order valence-corrected chi connectivity index (χ1v) is 7.92. The van der Waals surface area contributed by atoms with Crippen LogP contribution in [0.3, 0.4) is 0 Å². The topological polar surface area (TPSA) is 84.6 Å². The zero-order valence-corrected chi connectivity index (χ0v) is 14.6. The van der Waals surface area contributed by atoms with E-state index in [1.54, 1.807) is 0 Å². The first-order chi connectivity index (χ1) is 10.4. The van der Waals surface area contributed by atoms with E-state index < -0.39 is 11.6 Å². The molecule has 23 heavy (non-hydrogen) atoms. The number of nitrogens with one attached hydrogen (secondary N) is 1. The van der Waals surface area contributed by atoms with Crippen LogP contribution in [0, 0.1) is 0 Å². The van der Waals surface area contributed by atoms with Gasteiger partial charge in [-0.15, -0.1) is 12.4 Å². The largest absolute Gasteiger partial charge is 0.491 e. The molecule has 1 aliphatic rings. The third kappa shape index (κ3) is 5.37. The van der Waals surface area contributed by atoms with E-state index in [2.05, 4.69) is 5.32 Å². The van der Waals surface area contributed by atoms with Crippen molar-refractivity contribution >= 4 is 18.3 Å². The number of nitrogens with two attached hydrogens (primary N) is 1. The number of hydrogen-bond donors (Lipinski definition) is 3. The normalized spacial score (nSPS) is 17.4. The van der Waals surface area contributed by atoms with Gasteiger partial charge in [0.15, 0.2) is 0 Å². The highest BCUT2D eigenvalue weighted by Gasteiger charge is 2.36. The molecule has 130 valence electrons. The van der Waals surface area contributed by atoms with Crippen LogP contribution in [-0.2, 0) is 4.79 Å². The molecule has 1 aromatic carbocycles. The van der Waals surface area contributed by atoms with Gasteiger partial charge in [-0.2, -0.15) is 0 Å². The predicted molar refractivity (Wildman–Crippen MR) is 92.8 cm³/mol. The first-order valence-electron chi connectivity index (χ1n) is 7.92. The molecule has 1 aromatic rings. The van der Waals surface area contributed by atoms with Crippen LogP contribution in [0.2, 0.25) is 0 Å². The molecule has 1 fully saturated rings. The minimum absolute atomic E-state index is 0. The van der Waals surface area contributed by atoms with Crippen LogP contribution in [0.1, 0.15) is 51.2 Å². The summed E-state index contributed by atoms with van der Waals surface area (Å²) < 4.78 is 5.56. The predicted octanol–water partition coefficient (Wildman–Crippen LogP) is 2.32. The summed E-state index contributed by atoms with van der Waals surface area (Å²) in [4.78, 5) is 12.1. The standard InChI is InChI=1S/C17H26N2O3.ClH/c1-12(2)22-14-7-5-13(6-8-14)15(20)11-19-16(21)17(18)9-3-4-10-17;/h5-8,12,15,20H,3-4,9-11,18H2,1-2H3,(H,19,21);1H. The molecular formula is C17H27ClN2O3. The summed E-state index contributed by atoms with van der Waals surface area (Å²) in [5, 5.41) is 12.9. The van der Waals surface area contributed by atoms with Gasteiger partial charge in [0, 0.05) is 6.54 Å². The summed E-state index contributed by atoms with van der Waals surface area (Å²) in [6, 6.07) is 7.26. The lowest BCUT2D eigenvalue weighted by Crippen LogP contribution is -2.52. The highest BCUT2D eigenvalue weighted by atomic mass is 35.5. The minimum atomic E-state index is -0.755. The quantitative estimate of drug-likeness (QED) is 0.740. The van der Waals surface area contributed by atoms with E-state index in [0.29, 0.717) is 0 Å². The molecule has 4 N–H and O–H groups in total. The second kappa shape index (κ2) is 8.52. The zero-order chi connectivity index (χ0) is 16.2. The molecule has 1 saturated carbocycles. The van der Waals surface area contributed by atoms with Crippen LogP contribution < -0.4 is 15.8 Å². The molecule has 0 radical (unpaired) electrons. The summed E-state index contributed by atoms with van der Waals surface area (Å²) in [5.74, 6) is 0.602. The number of carbonyl (C=O) groups excluding carboxylic acids is 1. The number of amides is 1. The van der Waals surface area contributed by atoms with Crippen LogP contribution in [0.4, 0.5) is 0 Å². The molecule has 0 heterocycles. The number of rotatable bonds is 6. The Bertz CT molecular complexity index is 499.